The summed E-state index contributed by atoms with van der Waals surface area (Å²) in [5, 5.41) is 8.55. The van der Waals surface area contributed by atoms with Gasteiger partial charge in [0.2, 0.25) is 0 Å². The van der Waals surface area contributed by atoms with Crippen LogP contribution in [0.15, 0.2) is 0 Å². The van der Waals surface area contributed by atoms with Crippen LogP contribution in [0.1, 0.15) is 44.9 Å². The zero-order valence-electron chi connectivity index (χ0n) is 9.32. The Morgan fingerprint density at radius 3 is 2.27 bits per heavy atom. The molecule has 1 aliphatic rings. The maximum absolute atomic E-state index is 11.4. The van der Waals surface area contributed by atoms with Crippen molar-refractivity contribution in [3.05, 3.63) is 0 Å². The third-order valence-electron chi connectivity index (χ3n) is 3.16. The maximum Gasteiger partial charge on any atom is 0.150 e. The molecule has 15 heavy (non-hydrogen) atoms. The summed E-state index contributed by atoms with van der Waals surface area (Å²) < 4.78 is 22.8. The highest BCUT2D eigenvalue weighted by molar-refractivity contribution is 7.91. The molecule has 1 rings (SSSR count). The molecule has 0 amide bonds. The Hall–Kier alpha value is -0.0900. The first-order valence-corrected chi connectivity index (χ1v) is 7.77. The second kappa shape index (κ2) is 6.48. The van der Waals surface area contributed by atoms with E-state index in [0.717, 1.165) is 18.8 Å². The lowest BCUT2D eigenvalue weighted by atomic mass is 9.82. The third kappa shape index (κ3) is 5.52. The third-order valence-corrected chi connectivity index (χ3v) is 4.98. The molecule has 4 heteroatoms. The molecule has 1 saturated carbocycles. The second-order valence-electron chi connectivity index (χ2n) is 4.52. The zero-order valence-corrected chi connectivity index (χ0v) is 10.1. The van der Waals surface area contributed by atoms with E-state index in [2.05, 4.69) is 0 Å². The van der Waals surface area contributed by atoms with Crippen LogP contribution in [0.4, 0.5) is 0 Å². The number of unbranched alkanes of at least 4 members (excludes halogenated alkanes) is 1. The Kier molecular flexibility index (Phi) is 5.61. The monoisotopic (exact) mass is 234 g/mol. The Balaban J connectivity index is 2.02. The van der Waals surface area contributed by atoms with E-state index in [4.69, 9.17) is 5.11 Å². The van der Waals surface area contributed by atoms with Crippen molar-refractivity contribution in [2.24, 2.45) is 5.92 Å². The van der Waals surface area contributed by atoms with Crippen molar-refractivity contribution in [3.8, 4) is 0 Å². The van der Waals surface area contributed by atoms with Gasteiger partial charge in [0, 0.05) is 6.61 Å². The molecule has 0 unspecified atom stereocenters. The SMILES string of the molecule is O=S(=O)(CCCO)CCCCC1CCC1. The average molecular weight is 234 g/mol. The van der Waals surface area contributed by atoms with Crippen LogP contribution in [0.25, 0.3) is 0 Å². The number of hydrogen-bond acceptors (Lipinski definition) is 3. The fraction of sp³-hybridized carbons (Fsp3) is 1.00. The van der Waals surface area contributed by atoms with E-state index in [-0.39, 0.29) is 12.4 Å². The van der Waals surface area contributed by atoms with E-state index >= 15 is 0 Å². The number of hydrogen-bond donors (Lipinski definition) is 1. The largest absolute Gasteiger partial charge is 0.396 e. The smallest absolute Gasteiger partial charge is 0.150 e. The molecule has 0 aromatic rings. The fourth-order valence-electron chi connectivity index (χ4n) is 1.92. The summed E-state index contributed by atoms with van der Waals surface area (Å²) in [5.74, 6) is 1.33. The van der Waals surface area contributed by atoms with E-state index in [9.17, 15) is 8.42 Å². The summed E-state index contributed by atoms with van der Waals surface area (Å²) >= 11 is 0. The van der Waals surface area contributed by atoms with Crippen LogP contribution in [0.3, 0.4) is 0 Å². The molecule has 3 nitrogen and oxygen atoms in total. The van der Waals surface area contributed by atoms with Gasteiger partial charge in [-0.15, -0.1) is 0 Å². The van der Waals surface area contributed by atoms with Crippen molar-refractivity contribution < 1.29 is 13.5 Å². The van der Waals surface area contributed by atoms with Gasteiger partial charge in [-0.25, -0.2) is 8.42 Å². The van der Waals surface area contributed by atoms with E-state index in [0.29, 0.717) is 12.2 Å². The highest BCUT2D eigenvalue weighted by Crippen LogP contribution is 2.30. The van der Waals surface area contributed by atoms with E-state index in [1.807, 2.05) is 0 Å². The average Bonchev–Trinajstić information content (AvgIpc) is 2.11. The van der Waals surface area contributed by atoms with Gasteiger partial charge in [-0.2, -0.15) is 0 Å². The minimum absolute atomic E-state index is 0.0265. The number of rotatable bonds is 8. The van der Waals surface area contributed by atoms with Gasteiger partial charge in [-0.05, 0) is 18.8 Å². The van der Waals surface area contributed by atoms with Gasteiger partial charge in [0.25, 0.3) is 0 Å². The maximum atomic E-state index is 11.4. The van der Waals surface area contributed by atoms with Gasteiger partial charge in [0.1, 0.15) is 9.84 Å². The predicted molar refractivity (Wildman–Crippen MR) is 61.5 cm³/mol. The molecule has 0 radical (unpaired) electrons. The second-order valence-corrected chi connectivity index (χ2v) is 6.83. The van der Waals surface area contributed by atoms with Gasteiger partial charge in [0.15, 0.2) is 0 Å². The molecular weight excluding hydrogens is 212 g/mol. The molecule has 0 aromatic heterocycles. The summed E-state index contributed by atoms with van der Waals surface area (Å²) in [6.45, 7) is -0.0265. The summed E-state index contributed by atoms with van der Waals surface area (Å²) in [7, 11) is -2.89. The summed E-state index contributed by atoms with van der Waals surface area (Å²) in [5.41, 5.74) is 0. The normalized spacial score (nSPS) is 17.7. The lowest BCUT2D eigenvalue weighted by molar-refractivity contribution is 0.289. The van der Waals surface area contributed by atoms with Gasteiger partial charge < -0.3 is 5.11 Å². The zero-order chi connectivity index (χ0) is 11.1. The Morgan fingerprint density at radius 1 is 1.07 bits per heavy atom. The summed E-state index contributed by atoms with van der Waals surface area (Å²) in [6, 6.07) is 0. The fourth-order valence-corrected chi connectivity index (χ4v) is 3.34. The number of aliphatic hydroxyl groups excluding tert-OH is 1. The van der Waals surface area contributed by atoms with Crippen LogP contribution in [0.2, 0.25) is 0 Å². The van der Waals surface area contributed by atoms with Gasteiger partial charge >= 0.3 is 0 Å². The van der Waals surface area contributed by atoms with E-state index in [1.54, 1.807) is 0 Å². The number of aliphatic hydroxyl groups is 1. The molecular formula is C11H22O3S. The molecule has 1 aliphatic carbocycles. The van der Waals surface area contributed by atoms with Crippen molar-refractivity contribution >= 4 is 9.84 Å². The van der Waals surface area contributed by atoms with Gasteiger partial charge in [-0.1, -0.05) is 32.1 Å². The predicted octanol–water partition coefficient (Wildman–Crippen LogP) is 1.75. The van der Waals surface area contributed by atoms with Crippen molar-refractivity contribution in [2.75, 3.05) is 18.1 Å². The molecule has 1 N–H and O–H groups in total. The quantitative estimate of drug-likeness (QED) is 0.651. The summed E-state index contributed by atoms with van der Waals surface area (Å²) in [6.07, 6.45) is 7.47. The Bertz CT molecular complexity index is 255. The van der Waals surface area contributed by atoms with Crippen LogP contribution in [-0.4, -0.2) is 31.6 Å². The summed E-state index contributed by atoms with van der Waals surface area (Å²) in [4.78, 5) is 0. The lowest BCUT2D eigenvalue weighted by Crippen LogP contribution is -2.14. The molecule has 0 atom stereocenters. The first-order chi connectivity index (χ1) is 7.14. The first kappa shape index (κ1) is 13.0. The lowest BCUT2D eigenvalue weighted by Gasteiger charge is -2.24. The minimum Gasteiger partial charge on any atom is -0.396 e. The Labute approximate surface area is 92.8 Å². The first-order valence-electron chi connectivity index (χ1n) is 5.95. The van der Waals surface area contributed by atoms with Crippen LogP contribution >= 0.6 is 0 Å². The molecule has 0 aromatic carbocycles. The number of sulfone groups is 1. The highest BCUT2D eigenvalue weighted by atomic mass is 32.2. The van der Waals surface area contributed by atoms with Crippen molar-refractivity contribution in [1.29, 1.82) is 0 Å². The standard InChI is InChI=1S/C11H22O3S/c12-8-4-10-15(13,14)9-2-1-5-11-6-3-7-11/h11-12H,1-10H2. The minimum atomic E-state index is -2.89. The Morgan fingerprint density at radius 2 is 1.73 bits per heavy atom. The van der Waals surface area contributed by atoms with Crippen LogP contribution in [-0.2, 0) is 9.84 Å². The van der Waals surface area contributed by atoms with E-state index in [1.165, 1.54) is 25.7 Å². The molecule has 0 spiro atoms. The van der Waals surface area contributed by atoms with Crippen molar-refractivity contribution in [2.45, 2.75) is 44.9 Å². The molecule has 1 fully saturated rings. The molecule has 0 heterocycles. The van der Waals surface area contributed by atoms with Crippen molar-refractivity contribution in [1.82, 2.24) is 0 Å². The van der Waals surface area contributed by atoms with Gasteiger partial charge in [0.05, 0.1) is 11.5 Å². The topological polar surface area (TPSA) is 54.4 Å². The van der Waals surface area contributed by atoms with Crippen LogP contribution in [0, 0.1) is 5.92 Å². The molecule has 0 aliphatic heterocycles. The molecule has 0 bridgehead atoms. The van der Waals surface area contributed by atoms with Gasteiger partial charge in [-0.3, -0.25) is 0 Å². The highest BCUT2D eigenvalue weighted by Gasteiger charge is 2.17. The molecule has 0 saturated heterocycles. The van der Waals surface area contributed by atoms with Crippen molar-refractivity contribution in [3.63, 3.8) is 0 Å². The molecule has 90 valence electrons. The van der Waals surface area contributed by atoms with E-state index < -0.39 is 9.84 Å². The van der Waals surface area contributed by atoms with Crippen LogP contribution < -0.4 is 0 Å². The van der Waals surface area contributed by atoms with Crippen LogP contribution in [0.5, 0.6) is 0 Å².